The largest absolute Gasteiger partial charge is 0.480 e. The lowest BCUT2D eigenvalue weighted by Crippen LogP contribution is -2.61. The molecule has 2 amide bonds. The van der Waals surface area contributed by atoms with Crippen LogP contribution in [0.25, 0.3) is 0 Å². The molecule has 0 saturated carbocycles. The minimum atomic E-state index is -1.07. The molecule has 1 saturated heterocycles. The standard InChI is InChI=1S/C13H24N2O3S/c1-4-10(9-19-3)14-12(18)15-8-6-5-7-13(15,2)11(16)17/h10H,4-9H2,1-3H3,(H,14,18)(H,16,17). The van der Waals surface area contributed by atoms with Crippen molar-refractivity contribution in [3.05, 3.63) is 0 Å². The van der Waals surface area contributed by atoms with Crippen molar-refractivity contribution in [2.75, 3.05) is 18.6 Å². The molecule has 2 unspecified atom stereocenters. The fourth-order valence-electron chi connectivity index (χ4n) is 2.38. The molecular weight excluding hydrogens is 264 g/mol. The second kappa shape index (κ2) is 7.03. The molecule has 1 aliphatic heterocycles. The summed E-state index contributed by atoms with van der Waals surface area (Å²) in [6.07, 6.45) is 5.10. The third-order valence-electron chi connectivity index (χ3n) is 3.79. The number of carbonyl (C=O) groups is 2. The quantitative estimate of drug-likeness (QED) is 0.813. The number of thioether (sulfide) groups is 1. The van der Waals surface area contributed by atoms with Gasteiger partial charge in [0.2, 0.25) is 0 Å². The number of likely N-dealkylation sites (tertiary alicyclic amines) is 1. The number of carbonyl (C=O) groups excluding carboxylic acids is 1. The first-order valence-electron chi connectivity index (χ1n) is 6.76. The zero-order valence-corrected chi connectivity index (χ0v) is 12.8. The van der Waals surface area contributed by atoms with Gasteiger partial charge in [0, 0.05) is 18.3 Å². The van der Waals surface area contributed by atoms with Gasteiger partial charge in [-0.25, -0.2) is 9.59 Å². The number of carboxylic acid groups (broad SMARTS) is 1. The predicted octanol–water partition coefficient (Wildman–Crippen LogP) is 2.17. The maximum Gasteiger partial charge on any atom is 0.329 e. The van der Waals surface area contributed by atoms with Crippen LogP contribution in [0.1, 0.15) is 39.5 Å². The molecule has 0 radical (unpaired) electrons. The Balaban J connectivity index is 2.75. The number of hydrogen-bond acceptors (Lipinski definition) is 3. The Morgan fingerprint density at radius 2 is 2.16 bits per heavy atom. The molecule has 5 nitrogen and oxygen atoms in total. The second-order valence-electron chi connectivity index (χ2n) is 5.20. The van der Waals surface area contributed by atoms with E-state index in [4.69, 9.17) is 0 Å². The van der Waals surface area contributed by atoms with Gasteiger partial charge in [-0.3, -0.25) is 0 Å². The van der Waals surface area contributed by atoms with E-state index in [0.29, 0.717) is 13.0 Å². The molecule has 0 aliphatic carbocycles. The summed E-state index contributed by atoms with van der Waals surface area (Å²) in [5.41, 5.74) is -1.07. The van der Waals surface area contributed by atoms with Crippen LogP contribution in [-0.2, 0) is 4.79 Å². The summed E-state index contributed by atoms with van der Waals surface area (Å²) in [6, 6.07) is -0.145. The van der Waals surface area contributed by atoms with Gasteiger partial charge in [-0.2, -0.15) is 11.8 Å². The summed E-state index contributed by atoms with van der Waals surface area (Å²) in [6.45, 7) is 4.18. The van der Waals surface area contributed by atoms with Gasteiger partial charge in [-0.1, -0.05) is 6.92 Å². The number of nitrogens with zero attached hydrogens (tertiary/aromatic N) is 1. The first-order valence-corrected chi connectivity index (χ1v) is 8.15. The topological polar surface area (TPSA) is 69.6 Å². The minimum absolute atomic E-state index is 0.0995. The van der Waals surface area contributed by atoms with E-state index in [-0.39, 0.29) is 12.1 Å². The van der Waals surface area contributed by atoms with E-state index in [1.54, 1.807) is 18.7 Å². The summed E-state index contributed by atoms with van der Waals surface area (Å²) in [4.78, 5) is 25.2. The average Bonchev–Trinajstić information content (AvgIpc) is 2.38. The van der Waals surface area contributed by atoms with Crippen molar-refractivity contribution in [1.29, 1.82) is 0 Å². The van der Waals surface area contributed by atoms with Crippen molar-refractivity contribution < 1.29 is 14.7 Å². The first-order chi connectivity index (χ1) is 8.95. The molecule has 1 heterocycles. The molecule has 1 fully saturated rings. The number of aliphatic carboxylic acids is 1. The van der Waals surface area contributed by atoms with Crippen molar-refractivity contribution >= 4 is 23.8 Å². The lowest BCUT2D eigenvalue weighted by atomic mass is 9.89. The van der Waals surface area contributed by atoms with Crippen LogP contribution in [0.4, 0.5) is 4.79 Å². The molecule has 0 spiro atoms. The zero-order valence-electron chi connectivity index (χ0n) is 11.9. The van der Waals surface area contributed by atoms with Crippen molar-refractivity contribution in [1.82, 2.24) is 10.2 Å². The molecule has 2 N–H and O–H groups in total. The third-order valence-corrected chi connectivity index (χ3v) is 4.52. The molecule has 0 aromatic heterocycles. The fraction of sp³-hybridized carbons (Fsp3) is 0.846. The Hall–Kier alpha value is -0.910. The smallest absolute Gasteiger partial charge is 0.329 e. The second-order valence-corrected chi connectivity index (χ2v) is 6.11. The Kier molecular flexibility index (Phi) is 5.97. The molecule has 6 heteroatoms. The number of urea groups is 1. The van der Waals surface area contributed by atoms with Crippen LogP contribution in [0.15, 0.2) is 0 Å². The summed E-state index contributed by atoms with van der Waals surface area (Å²) in [7, 11) is 0. The van der Waals surface area contributed by atoms with E-state index in [1.165, 1.54) is 4.90 Å². The van der Waals surface area contributed by atoms with E-state index >= 15 is 0 Å². The van der Waals surface area contributed by atoms with Crippen LogP contribution in [0.5, 0.6) is 0 Å². The van der Waals surface area contributed by atoms with Crippen LogP contribution in [0.3, 0.4) is 0 Å². The summed E-state index contributed by atoms with van der Waals surface area (Å²) < 4.78 is 0. The Bertz CT molecular complexity index is 338. The molecule has 0 aromatic carbocycles. The highest BCUT2D eigenvalue weighted by molar-refractivity contribution is 7.98. The lowest BCUT2D eigenvalue weighted by molar-refractivity contribution is -0.150. The van der Waals surface area contributed by atoms with Gasteiger partial charge in [0.05, 0.1) is 0 Å². The van der Waals surface area contributed by atoms with Gasteiger partial charge in [-0.15, -0.1) is 0 Å². The molecule has 2 atom stereocenters. The normalized spacial score (nSPS) is 24.9. The SMILES string of the molecule is CCC(CSC)NC(=O)N1CCCCC1(C)C(=O)O. The molecule has 19 heavy (non-hydrogen) atoms. The van der Waals surface area contributed by atoms with E-state index in [0.717, 1.165) is 25.0 Å². The van der Waals surface area contributed by atoms with Crippen LogP contribution in [-0.4, -0.2) is 52.1 Å². The van der Waals surface area contributed by atoms with E-state index in [9.17, 15) is 14.7 Å². The van der Waals surface area contributed by atoms with E-state index in [1.807, 2.05) is 13.2 Å². The highest BCUT2D eigenvalue weighted by atomic mass is 32.2. The maximum atomic E-state index is 12.3. The summed E-state index contributed by atoms with van der Waals surface area (Å²) in [5, 5.41) is 12.3. The zero-order chi connectivity index (χ0) is 14.5. The number of hydrogen-bond donors (Lipinski definition) is 2. The molecule has 1 aliphatic rings. The van der Waals surface area contributed by atoms with Crippen molar-refractivity contribution in [2.24, 2.45) is 0 Å². The van der Waals surface area contributed by atoms with Gasteiger partial charge < -0.3 is 15.3 Å². The van der Waals surface area contributed by atoms with Crippen molar-refractivity contribution in [2.45, 2.75) is 51.1 Å². The monoisotopic (exact) mass is 288 g/mol. The lowest BCUT2D eigenvalue weighted by Gasteiger charge is -2.42. The van der Waals surface area contributed by atoms with Crippen LogP contribution >= 0.6 is 11.8 Å². The fourth-order valence-corrected chi connectivity index (χ4v) is 3.11. The highest BCUT2D eigenvalue weighted by Gasteiger charge is 2.44. The van der Waals surface area contributed by atoms with Gasteiger partial charge in [0.15, 0.2) is 0 Å². The number of rotatable bonds is 5. The van der Waals surface area contributed by atoms with Crippen LogP contribution < -0.4 is 5.32 Å². The van der Waals surface area contributed by atoms with Crippen LogP contribution in [0.2, 0.25) is 0 Å². The molecule has 0 aromatic rings. The third kappa shape index (κ3) is 3.78. The summed E-state index contributed by atoms with van der Waals surface area (Å²) >= 11 is 1.68. The Morgan fingerprint density at radius 1 is 1.47 bits per heavy atom. The van der Waals surface area contributed by atoms with Crippen molar-refractivity contribution in [3.63, 3.8) is 0 Å². The van der Waals surface area contributed by atoms with Gasteiger partial charge in [0.1, 0.15) is 5.54 Å². The van der Waals surface area contributed by atoms with Crippen molar-refractivity contribution in [3.8, 4) is 0 Å². The maximum absolute atomic E-state index is 12.3. The molecule has 110 valence electrons. The molecule has 0 bridgehead atoms. The Morgan fingerprint density at radius 3 is 2.68 bits per heavy atom. The highest BCUT2D eigenvalue weighted by Crippen LogP contribution is 2.28. The first kappa shape index (κ1) is 16.1. The Labute approximate surface area is 119 Å². The molecular formula is C13H24N2O3S. The van der Waals surface area contributed by atoms with Gasteiger partial charge >= 0.3 is 12.0 Å². The number of piperidine rings is 1. The minimum Gasteiger partial charge on any atom is -0.480 e. The van der Waals surface area contributed by atoms with Gasteiger partial charge in [0.25, 0.3) is 0 Å². The number of nitrogens with one attached hydrogen (secondary N) is 1. The van der Waals surface area contributed by atoms with Gasteiger partial charge in [-0.05, 0) is 38.9 Å². The summed E-state index contributed by atoms with van der Waals surface area (Å²) in [5.74, 6) is -0.0693. The number of carboxylic acids is 1. The average molecular weight is 288 g/mol. The number of amides is 2. The molecule has 1 rings (SSSR count). The van der Waals surface area contributed by atoms with E-state index < -0.39 is 11.5 Å². The predicted molar refractivity (Wildman–Crippen MR) is 77.6 cm³/mol. The van der Waals surface area contributed by atoms with Crippen LogP contribution in [0, 0.1) is 0 Å². The van der Waals surface area contributed by atoms with E-state index in [2.05, 4.69) is 5.32 Å².